The van der Waals surface area contributed by atoms with Crippen LogP contribution in [0.1, 0.15) is 87.1 Å². The fourth-order valence-electron chi connectivity index (χ4n) is 3.79. The Kier molecular flexibility index (Phi) is 7.35. The van der Waals surface area contributed by atoms with Gasteiger partial charge >= 0.3 is 11.9 Å². The molecule has 0 saturated heterocycles. The van der Waals surface area contributed by atoms with E-state index in [1.54, 1.807) is 0 Å². The number of rotatable bonds is 9. The van der Waals surface area contributed by atoms with Gasteiger partial charge in [-0.05, 0) is 81.5 Å². The number of benzene rings is 1. The number of carbonyl (C=O) groups excluding carboxylic acids is 2. The summed E-state index contributed by atoms with van der Waals surface area (Å²) in [6.45, 7) is 4.83. The minimum absolute atomic E-state index is 0.00194. The van der Waals surface area contributed by atoms with Gasteiger partial charge in [0.1, 0.15) is 5.75 Å². The van der Waals surface area contributed by atoms with E-state index in [-0.39, 0.29) is 24.0 Å². The van der Waals surface area contributed by atoms with Crippen LogP contribution >= 0.6 is 0 Å². The summed E-state index contributed by atoms with van der Waals surface area (Å²) in [5, 5.41) is 0. The zero-order valence-corrected chi connectivity index (χ0v) is 17.1. The van der Waals surface area contributed by atoms with Gasteiger partial charge < -0.3 is 14.2 Å². The maximum absolute atomic E-state index is 12.4. The lowest BCUT2D eigenvalue weighted by molar-refractivity contribution is -0.149. The van der Waals surface area contributed by atoms with Gasteiger partial charge in [0.05, 0.1) is 30.8 Å². The molecule has 5 nitrogen and oxygen atoms in total. The molecule has 0 aromatic heterocycles. The Balaban J connectivity index is 1.59. The smallest absolute Gasteiger partial charge is 0.338 e. The molecule has 0 amide bonds. The van der Waals surface area contributed by atoms with Crippen molar-refractivity contribution in [1.82, 2.24) is 0 Å². The molecule has 1 aromatic carbocycles. The molecule has 0 unspecified atom stereocenters. The van der Waals surface area contributed by atoms with E-state index < -0.39 is 0 Å². The number of ether oxygens (including phenoxy) is 3. The van der Waals surface area contributed by atoms with E-state index in [1.807, 2.05) is 25.1 Å². The predicted molar refractivity (Wildman–Crippen MR) is 107 cm³/mol. The fraction of sp³-hybridized carbons (Fsp3) is 0.652. The van der Waals surface area contributed by atoms with Crippen LogP contribution in [0.3, 0.4) is 0 Å². The highest BCUT2D eigenvalue weighted by Crippen LogP contribution is 2.43. The zero-order valence-electron chi connectivity index (χ0n) is 17.1. The summed E-state index contributed by atoms with van der Waals surface area (Å²) in [6.07, 6.45) is 7.55. The normalized spacial score (nSPS) is 21.8. The van der Waals surface area contributed by atoms with Gasteiger partial charge in [-0.25, -0.2) is 4.79 Å². The van der Waals surface area contributed by atoms with E-state index in [4.69, 9.17) is 14.2 Å². The van der Waals surface area contributed by atoms with E-state index in [1.165, 1.54) is 0 Å². The van der Waals surface area contributed by atoms with Crippen LogP contribution in [0.4, 0.5) is 0 Å². The Labute approximate surface area is 167 Å². The van der Waals surface area contributed by atoms with E-state index in [0.29, 0.717) is 24.7 Å². The average molecular weight is 389 g/mol. The van der Waals surface area contributed by atoms with Crippen molar-refractivity contribution in [2.24, 2.45) is 5.92 Å². The molecule has 0 aliphatic heterocycles. The van der Waals surface area contributed by atoms with Gasteiger partial charge in [0.2, 0.25) is 0 Å². The molecule has 0 atom stereocenters. The number of unbranched alkanes of at least 4 members (excludes halogenated alkanes) is 1. The maximum Gasteiger partial charge on any atom is 0.338 e. The van der Waals surface area contributed by atoms with Gasteiger partial charge in [-0.3, -0.25) is 4.79 Å². The van der Waals surface area contributed by atoms with Crippen LogP contribution in [0, 0.1) is 5.92 Å². The SMILES string of the molecule is CCCCOC(=O)c1ccc(O[C@H]2CC[C@@H](C(=O)OCC)CC2)cc1C1CC1. The highest BCUT2D eigenvalue weighted by Gasteiger charge is 2.31. The van der Waals surface area contributed by atoms with Gasteiger partial charge in [0, 0.05) is 0 Å². The first-order valence-electron chi connectivity index (χ1n) is 10.8. The van der Waals surface area contributed by atoms with Crippen molar-refractivity contribution in [1.29, 1.82) is 0 Å². The Morgan fingerprint density at radius 3 is 2.39 bits per heavy atom. The molecule has 28 heavy (non-hydrogen) atoms. The van der Waals surface area contributed by atoms with E-state index >= 15 is 0 Å². The highest BCUT2D eigenvalue weighted by molar-refractivity contribution is 5.91. The molecule has 3 rings (SSSR count). The second-order valence-electron chi connectivity index (χ2n) is 7.86. The molecule has 1 aromatic rings. The van der Waals surface area contributed by atoms with Crippen molar-refractivity contribution in [3.05, 3.63) is 29.3 Å². The highest BCUT2D eigenvalue weighted by atomic mass is 16.5. The maximum atomic E-state index is 12.4. The molecule has 154 valence electrons. The summed E-state index contributed by atoms with van der Waals surface area (Å²) in [7, 11) is 0. The van der Waals surface area contributed by atoms with Gasteiger partial charge in [0.25, 0.3) is 0 Å². The molecule has 0 N–H and O–H groups in total. The molecule has 0 bridgehead atoms. The third-order valence-corrected chi connectivity index (χ3v) is 5.59. The second kappa shape index (κ2) is 9.94. The standard InChI is InChI=1S/C23H32O5/c1-3-5-14-27-23(25)20-13-12-19(15-21(20)16-6-7-16)28-18-10-8-17(9-11-18)22(24)26-4-2/h12-13,15-18H,3-11,14H2,1-2H3/t17-,18+. The van der Waals surface area contributed by atoms with E-state index in [0.717, 1.165) is 62.7 Å². The van der Waals surface area contributed by atoms with Crippen molar-refractivity contribution >= 4 is 11.9 Å². The first-order valence-corrected chi connectivity index (χ1v) is 10.8. The molecule has 5 heteroatoms. The van der Waals surface area contributed by atoms with Crippen LogP contribution in [0.5, 0.6) is 5.75 Å². The Hall–Kier alpha value is -2.04. The monoisotopic (exact) mass is 388 g/mol. The van der Waals surface area contributed by atoms with Crippen molar-refractivity contribution in [2.45, 2.75) is 77.2 Å². The van der Waals surface area contributed by atoms with Crippen molar-refractivity contribution < 1.29 is 23.8 Å². The topological polar surface area (TPSA) is 61.8 Å². The first kappa shape index (κ1) is 20.7. The average Bonchev–Trinajstić information content (AvgIpc) is 3.54. The van der Waals surface area contributed by atoms with Crippen LogP contribution in [0.15, 0.2) is 18.2 Å². The lowest BCUT2D eigenvalue weighted by Gasteiger charge is -2.28. The molecule has 2 aliphatic rings. The minimum atomic E-state index is -0.225. The van der Waals surface area contributed by atoms with Crippen LogP contribution in [-0.2, 0) is 14.3 Å². The minimum Gasteiger partial charge on any atom is -0.490 e. The molecule has 2 fully saturated rings. The Morgan fingerprint density at radius 1 is 1.00 bits per heavy atom. The molecule has 0 heterocycles. The molecular formula is C23H32O5. The van der Waals surface area contributed by atoms with Crippen LogP contribution in [-0.4, -0.2) is 31.3 Å². The first-order chi connectivity index (χ1) is 13.6. The van der Waals surface area contributed by atoms with Gasteiger partial charge in [0.15, 0.2) is 0 Å². The van der Waals surface area contributed by atoms with Gasteiger partial charge in [-0.1, -0.05) is 13.3 Å². The molecule has 0 spiro atoms. The third kappa shape index (κ3) is 5.49. The molecule has 2 aliphatic carbocycles. The Bertz CT molecular complexity index is 672. The third-order valence-electron chi connectivity index (χ3n) is 5.59. The quantitative estimate of drug-likeness (QED) is 0.439. The zero-order chi connectivity index (χ0) is 19.9. The van der Waals surface area contributed by atoms with Crippen LogP contribution < -0.4 is 4.74 Å². The molecule has 2 saturated carbocycles. The predicted octanol–water partition coefficient (Wildman–Crippen LogP) is 5.02. The lowest BCUT2D eigenvalue weighted by Crippen LogP contribution is -2.29. The number of carbonyl (C=O) groups is 2. The summed E-state index contributed by atoms with van der Waals surface area (Å²) in [6, 6.07) is 5.74. The number of hydrogen-bond acceptors (Lipinski definition) is 5. The summed E-state index contributed by atoms with van der Waals surface area (Å²) < 4.78 is 16.7. The summed E-state index contributed by atoms with van der Waals surface area (Å²) in [5.41, 5.74) is 1.73. The van der Waals surface area contributed by atoms with Crippen molar-refractivity contribution in [3.63, 3.8) is 0 Å². The number of esters is 2. The summed E-state index contributed by atoms with van der Waals surface area (Å²) in [4.78, 5) is 24.3. The summed E-state index contributed by atoms with van der Waals surface area (Å²) in [5.74, 6) is 0.949. The summed E-state index contributed by atoms with van der Waals surface area (Å²) >= 11 is 0. The fourth-order valence-corrected chi connectivity index (χ4v) is 3.79. The van der Waals surface area contributed by atoms with Crippen molar-refractivity contribution in [3.8, 4) is 5.75 Å². The lowest BCUT2D eigenvalue weighted by atomic mass is 9.87. The van der Waals surface area contributed by atoms with Gasteiger partial charge in [-0.15, -0.1) is 0 Å². The molecule has 0 radical (unpaired) electrons. The second-order valence-corrected chi connectivity index (χ2v) is 7.86. The molecular weight excluding hydrogens is 356 g/mol. The van der Waals surface area contributed by atoms with Crippen molar-refractivity contribution in [2.75, 3.05) is 13.2 Å². The number of hydrogen-bond donors (Lipinski definition) is 0. The van der Waals surface area contributed by atoms with E-state index in [2.05, 4.69) is 6.92 Å². The largest absolute Gasteiger partial charge is 0.490 e. The van der Waals surface area contributed by atoms with Gasteiger partial charge in [-0.2, -0.15) is 0 Å². The van der Waals surface area contributed by atoms with Crippen LogP contribution in [0.25, 0.3) is 0 Å². The van der Waals surface area contributed by atoms with E-state index in [9.17, 15) is 9.59 Å². The van der Waals surface area contributed by atoms with Crippen LogP contribution in [0.2, 0.25) is 0 Å². The Morgan fingerprint density at radius 2 is 1.75 bits per heavy atom.